The molecule has 0 bridgehead atoms. The van der Waals surface area contributed by atoms with Crippen molar-refractivity contribution in [2.24, 2.45) is 5.73 Å². The molecule has 2 aliphatic heterocycles. The van der Waals surface area contributed by atoms with Crippen LogP contribution in [0.4, 0.5) is 11.5 Å². The third kappa shape index (κ3) is 3.57. The van der Waals surface area contributed by atoms with Crippen LogP contribution in [0.2, 0.25) is 0 Å². The van der Waals surface area contributed by atoms with Crippen LogP contribution in [0.1, 0.15) is 0 Å². The molecular weight excluding hydrogens is 452 g/mol. The molecule has 0 aliphatic carbocycles. The van der Waals surface area contributed by atoms with E-state index in [9.17, 15) is 0 Å². The number of rotatable bonds is 4. The van der Waals surface area contributed by atoms with Gasteiger partial charge in [0.25, 0.3) is 0 Å². The number of nitrogens with two attached hydrogens (primary N) is 1. The molecule has 0 unspecified atom stereocenters. The van der Waals surface area contributed by atoms with Crippen LogP contribution in [-0.2, 0) is 0 Å². The Kier molecular flexibility index (Phi) is 4.90. The van der Waals surface area contributed by atoms with Crippen LogP contribution in [-0.4, -0.2) is 87.4 Å². The van der Waals surface area contributed by atoms with Crippen molar-refractivity contribution in [1.82, 2.24) is 35.0 Å². The van der Waals surface area contributed by atoms with Crippen molar-refractivity contribution in [3.8, 4) is 22.6 Å². The minimum atomic E-state index is 0.211. The van der Waals surface area contributed by atoms with Gasteiger partial charge >= 0.3 is 0 Å². The molecule has 10 heteroatoms. The van der Waals surface area contributed by atoms with Crippen LogP contribution in [0.15, 0.2) is 48.9 Å². The maximum absolute atomic E-state index is 5.95. The molecule has 182 valence electrons. The molecule has 4 N–H and O–H groups in total. The van der Waals surface area contributed by atoms with E-state index < -0.39 is 0 Å². The quantitative estimate of drug-likeness (QED) is 0.359. The molecule has 7 rings (SSSR count). The molecule has 10 nitrogen and oxygen atoms in total. The summed E-state index contributed by atoms with van der Waals surface area (Å²) in [4.78, 5) is 24.4. The lowest BCUT2D eigenvalue weighted by Gasteiger charge is -2.37. The summed E-state index contributed by atoms with van der Waals surface area (Å²) in [5.41, 5.74) is 12.6. The Morgan fingerprint density at radius 3 is 2.67 bits per heavy atom. The number of anilines is 2. The van der Waals surface area contributed by atoms with Crippen LogP contribution >= 0.6 is 0 Å². The molecule has 36 heavy (non-hydrogen) atoms. The second kappa shape index (κ2) is 8.28. The fourth-order valence-electron chi connectivity index (χ4n) is 5.19. The van der Waals surface area contributed by atoms with E-state index in [-0.39, 0.29) is 6.04 Å². The van der Waals surface area contributed by atoms with Gasteiger partial charge in [0.05, 0.1) is 29.3 Å². The molecule has 0 radical (unpaired) electrons. The van der Waals surface area contributed by atoms with Crippen LogP contribution in [0.25, 0.3) is 44.6 Å². The highest BCUT2D eigenvalue weighted by molar-refractivity contribution is 5.99. The van der Waals surface area contributed by atoms with Crippen LogP contribution < -0.4 is 15.5 Å². The van der Waals surface area contributed by atoms with E-state index in [0.29, 0.717) is 0 Å². The molecule has 4 aromatic heterocycles. The summed E-state index contributed by atoms with van der Waals surface area (Å²) >= 11 is 0. The van der Waals surface area contributed by atoms with E-state index in [1.165, 1.54) is 5.69 Å². The second-order valence-electron chi connectivity index (χ2n) is 9.83. The number of aromatic nitrogens is 6. The van der Waals surface area contributed by atoms with Gasteiger partial charge < -0.3 is 25.4 Å². The minimum Gasteiger partial charge on any atom is -0.368 e. The number of nitrogens with zero attached hydrogens (tertiary/aromatic N) is 7. The van der Waals surface area contributed by atoms with Crippen molar-refractivity contribution in [2.75, 3.05) is 56.1 Å². The normalized spacial score (nSPS) is 17.3. The van der Waals surface area contributed by atoms with Gasteiger partial charge in [-0.05, 0) is 31.3 Å². The van der Waals surface area contributed by atoms with Crippen molar-refractivity contribution in [3.63, 3.8) is 0 Å². The van der Waals surface area contributed by atoms with Gasteiger partial charge in [-0.25, -0.2) is 9.97 Å². The molecule has 0 amide bonds. The minimum absolute atomic E-state index is 0.211. The molecule has 1 aromatic carbocycles. The fourth-order valence-corrected chi connectivity index (χ4v) is 5.19. The van der Waals surface area contributed by atoms with E-state index in [1.807, 2.05) is 12.3 Å². The first-order valence-electron chi connectivity index (χ1n) is 12.3. The van der Waals surface area contributed by atoms with Gasteiger partial charge in [-0.3, -0.25) is 10.1 Å². The highest BCUT2D eigenvalue weighted by Gasteiger charge is 2.25. The smallest absolute Gasteiger partial charge is 0.147 e. The Morgan fingerprint density at radius 2 is 1.83 bits per heavy atom. The Morgan fingerprint density at radius 1 is 0.972 bits per heavy atom. The average Bonchev–Trinajstić information content (AvgIpc) is 3.51. The predicted molar refractivity (Wildman–Crippen MR) is 142 cm³/mol. The summed E-state index contributed by atoms with van der Waals surface area (Å²) in [6.07, 6.45) is 5.49. The highest BCUT2D eigenvalue weighted by Crippen LogP contribution is 2.34. The summed E-state index contributed by atoms with van der Waals surface area (Å²) in [7, 11) is 2.17. The number of benzene rings is 1. The van der Waals surface area contributed by atoms with E-state index in [4.69, 9.17) is 10.7 Å². The van der Waals surface area contributed by atoms with Crippen molar-refractivity contribution in [2.45, 2.75) is 6.04 Å². The van der Waals surface area contributed by atoms with Crippen molar-refractivity contribution >= 4 is 33.4 Å². The summed E-state index contributed by atoms with van der Waals surface area (Å²) in [5.74, 6) is 0.861. The average molecular weight is 481 g/mol. The van der Waals surface area contributed by atoms with Crippen LogP contribution in [0, 0.1) is 0 Å². The summed E-state index contributed by atoms with van der Waals surface area (Å²) in [5, 5.41) is 9.99. The first-order valence-corrected chi connectivity index (χ1v) is 12.3. The number of fused-ring (bicyclic) bond motifs is 2. The van der Waals surface area contributed by atoms with Gasteiger partial charge in [0.2, 0.25) is 0 Å². The zero-order chi connectivity index (χ0) is 24.2. The lowest BCUT2D eigenvalue weighted by Crippen LogP contribution is -2.56. The maximum Gasteiger partial charge on any atom is 0.147 e. The molecule has 2 aliphatic rings. The fraction of sp³-hybridized carbons (Fsp3) is 0.308. The number of piperazine rings is 1. The summed E-state index contributed by atoms with van der Waals surface area (Å²) in [6, 6.07) is 10.7. The number of H-pyrrole nitrogens is 2. The van der Waals surface area contributed by atoms with Gasteiger partial charge in [-0.15, -0.1) is 0 Å². The lowest BCUT2D eigenvalue weighted by molar-refractivity contribution is 0.313. The number of hydrogen-bond acceptors (Lipinski definition) is 8. The standard InChI is InChI=1S/C26H28N10/c1-34-6-8-35(9-7-34)23-4-5-29-26-19(23)11-21(31-26)25-18-10-16(2-3-20(18)32-33-25)22-12-28-13-24(30-22)36-14-17(27)15-36/h2-5,10-13,17H,6-9,14-15,27H2,1H3,(H,29,31)(H,32,33). The molecule has 2 saturated heterocycles. The van der Waals surface area contributed by atoms with E-state index in [0.717, 1.165) is 89.7 Å². The molecule has 6 heterocycles. The zero-order valence-corrected chi connectivity index (χ0v) is 20.1. The Bertz CT molecular complexity index is 1560. The number of aromatic amines is 2. The number of pyridine rings is 1. The van der Waals surface area contributed by atoms with Gasteiger partial charge in [0, 0.05) is 73.5 Å². The van der Waals surface area contributed by atoms with Crippen molar-refractivity contribution < 1.29 is 0 Å². The van der Waals surface area contributed by atoms with Gasteiger partial charge in [0.1, 0.15) is 17.2 Å². The number of hydrogen-bond donors (Lipinski definition) is 3. The summed E-state index contributed by atoms with van der Waals surface area (Å²) < 4.78 is 0. The predicted octanol–water partition coefficient (Wildman–Crippen LogP) is 2.46. The largest absolute Gasteiger partial charge is 0.368 e. The topological polar surface area (TPSA) is 119 Å². The monoisotopic (exact) mass is 480 g/mol. The van der Waals surface area contributed by atoms with E-state index in [1.54, 1.807) is 12.4 Å². The van der Waals surface area contributed by atoms with Crippen molar-refractivity contribution in [1.29, 1.82) is 0 Å². The number of likely N-dealkylation sites (N-methyl/N-ethyl adjacent to an activating group) is 1. The third-order valence-corrected chi connectivity index (χ3v) is 7.32. The van der Waals surface area contributed by atoms with Crippen LogP contribution in [0.3, 0.4) is 0 Å². The molecular formula is C26H28N10. The van der Waals surface area contributed by atoms with Crippen molar-refractivity contribution in [3.05, 3.63) is 48.9 Å². The van der Waals surface area contributed by atoms with E-state index >= 15 is 0 Å². The summed E-state index contributed by atoms with van der Waals surface area (Å²) in [6.45, 7) is 5.76. The second-order valence-corrected chi connectivity index (χ2v) is 9.83. The maximum atomic E-state index is 5.95. The van der Waals surface area contributed by atoms with Gasteiger partial charge in [0.15, 0.2) is 0 Å². The molecule has 0 saturated carbocycles. The van der Waals surface area contributed by atoms with Gasteiger partial charge in [-0.1, -0.05) is 6.07 Å². The van der Waals surface area contributed by atoms with E-state index in [2.05, 4.69) is 71.2 Å². The number of nitrogens with one attached hydrogen (secondary N) is 2. The Labute approximate surface area is 208 Å². The first kappa shape index (κ1) is 21.3. The zero-order valence-electron chi connectivity index (χ0n) is 20.1. The van der Waals surface area contributed by atoms with Gasteiger partial charge in [-0.2, -0.15) is 5.10 Å². The first-order chi connectivity index (χ1) is 17.6. The highest BCUT2D eigenvalue weighted by atomic mass is 15.3. The third-order valence-electron chi connectivity index (χ3n) is 7.32. The Hall–Kier alpha value is -4.02. The molecule has 5 aromatic rings. The Balaban J connectivity index is 1.26. The molecule has 0 spiro atoms. The molecule has 0 atom stereocenters. The van der Waals surface area contributed by atoms with Crippen LogP contribution in [0.5, 0.6) is 0 Å². The lowest BCUT2D eigenvalue weighted by atomic mass is 10.1. The SMILES string of the molecule is CN1CCN(c2ccnc3[nH]c(-c4n[nH]c5ccc(-c6cncc(N7CC(N)C7)n6)cc45)cc23)CC1. The molecule has 2 fully saturated rings.